The van der Waals surface area contributed by atoms with Crippen molar-refractivity contribution in [3.63, 3.8) is 0 Å². The molecule has 9 rings (SSSR count). The van der Waals surface area contributed by atoms with E-state index in [1.165, 1.54) is 28.0 Å². The summed E-state index contributed by atoms with van der Waals surface area (Å²) in [4.78, 5) is 55.2. The molecule has 1 saturated heterocycles. The van der Waals surface area contributed by atoms with Gasteiger partial charge in [0.25, 0.3) is 11.8 Å². The predicted octanol–water partition coefficient (Wildman–Crippen LogP) is 9.89. The second kappa shape index (κ2) is 20.1. The van der Waals surface area contributed by atoms with Crippen molar-refractivity contribution >= 4 is 74.3 Å². The van der Waals surface area contributed by atoms with Gasteiger partial charge >= 0.3 is 5.97 Å². The number of halogens is 1. The van der Waals surface area contributed by atoms with Gasteiger partial charge < -0.3 is 20.2 Å². The number of alkyl halides is 1. The van der Waals surface area contributed by atoms with Crippen LogP contribution in [0.5, 0.6) is 0 Å². The zero-order valence-corrected chi connectivity index (χ0v) is 38.6. The number of hydrogen-bond donors (Lipinski definition) is 2. The third kappa shape index (κ3) is 9.22. The largest absolute Gasteiger partial charge is 0.448 e. The van der Waals surface area contributed by atoms with Gasteiger partial charge in [-0.2, -0.15) is 0 Å². The summed E-state index contributed by atoms with van der Waals surface area (Å²) < 4.78 is 6.78. The fraction of sp³-hybridized carbons (Fsp3) is 0.135. The Hall–Kier alpha value is -6.55. The van der Waals surface area contributed by atoms with Crippen LogP contribution >= 0.6 is 45.7 Å². The van der Waals surface area contributed by atoms with Gasteiger partial charge in [0, 0.05) is 15.6 Å². The fourth-order valence-corrected chi connectivity index (χ4v) is 11.2. The molecule has 1 unspecified atom stereocenters. The first-order valence-corrected chi connectivity index (χ1v) is 24.4. The summed E-state index contributed by atoms with van der Waals surface area (Å²) in [5, 5.41) is 12.8. The number of oxime groups is 1. The van der Waals surface area contributed by atoms with E-state index in [4.69, 9.17) is 14.6 Å². The van der Waals surface area contributed by atoms with Crippen molar-refractivity contribution in [2.45, 2.75) is 29.7 Å². The highest BCUT2D eigenvalue weighted by molar-refractivity contribution is 14.1. The van der Waals surface area contributed by atoms with Crippen LogP contribution in [0.25, 0.3) is 0 Å². The van der Waals surface area contributed by atoms with Gasteiger partial charge in [0.1, 0.15) is 35.0 Å². The van der Waals surface area contributed by atoms with E-state index in [0.29, 0.717) is 15.3 Å². The number of rotatable bonds is 16. The van der Waals surface area contributed by atoms with Crippen LogP contribution in [0, 0.1) is 0 Å². The van der Waals surface area contributed by atoms with Crippen LogP contribution in [-0.2, 0) is 36.1 Å². The number of ether oxygens (including phenoxy) is 1. The first-order valence-electron chi connectivity index (χ1n) is 20.9. The molecule has 13 heteroatoms. The Morgan fingerprint density at radius 2 is 1.26 bits per heavy atom. The molecule has 65 heavy (non-hydrogen) atoms. The van der Waals surface area contributed by atoms with Crippen LogP contribution in [0.4, 0.5) is 5.13 Å². The van der Waals surface area contributed by atoms with Gasteiger partial charge in [0.05, 0.1) is 0 Å². The molecule has 0 aliphatic carbocycles. The molecule has 0 spiro atoms. The van der Waals surface area contributed by atoms with E-state index in [0.717, 1.165) is 39.0 Å². The molecule has 2 atom stereocenters. The third-order valence-electron chi connectivity index (χ3n) is 11.2. The molecule has 2 aliphatic rings. The number of thioether (sulfide) groups is 1. The molecule has 1 fully saturated rings. The monoisotopic (exact) mass is 1010 g/mol. The standard InChI is InChI=1S/C52H42IN5O5S2/c53-31-38-33-64-49-44(48(60)58(49)45(38)50(61)63-46(36-21-9-2-10-22-36)37-23-11-3-12-24-37)55-47(59)43(57-62-32-35-19-7-1-8-20-35)42-34-65-51(54-42)56-52(39-25-13-4-14-26-39,40-27-15-5-16-28-40)41-29-17-6-18-30-41/h1-30,34,44,46,49H,31-33H2,(H,54,56)(H,55,59)/t44?,49-/m0/s1. The number of nitrogens with one attached hydrogen (secondary N) is 2. The topological polar surface area (TPSA) is 122 Å². The van der Waals surface area contributed by atoms with Crippen LogP contribution < -0.4 is 10.6 Å². The lowest BCUT2D eigenvalue weighted by atomic mass is 9.77. The van der Waals surface area contributed by atoms with E-state index in [1.807, 2.05) is 146 Å². The van der Waals surface area contributed by atoms with Gasteiger partial charge in [0.2, 0.25) is 0 Å². The maximum Gasteiger partial charge on any atom is 0.356 e. The first kappa shape index (κ1) is 43.7. The number of fused-ring (bicyclic) bond motifs is 1. The highest BCUT2D eigenvalue weighted by Gasteiger charge is 2.55. The van der Waals surface area contributed by atoms with Gasteiger partial charge in [-0.05, 0) is 39.0 Å². The molecular weight excluding hydrogens is 966 g/mol. The van der Waals surface area contributed by atoms with Crippen LogP contribution in [0.3, 0.4) is 0 Å². The first-order chi connectivity index (χ1) is 31.9. The minimum absolute atomic E-state index is 0.0984. The molecule has 2 aliphatic heterocycles. The van der Waals surface area contributed by atoms with Gasteiger partial charge in [-0.15, -0.1) is 23.1 Å². The molecule has 2 amide bonds. The number of β-lactam (4-membered cyclic amide) rings is 1. The number of anilines is 1. The third-order valence-corrected chi connectivity index (χ3v) is 14.2. The molecule has 10 nitrogen and oxygen atoms in total. The van der Waals surface area contributed by atoms with Crippen LogP contribution in [0.1, 0.15) is 45.2 Å². The van der Waals surface area contributed by atoms with Gasteiger partial charge in [-0.3, -0.25) is 14.5 Å². The molecule has 0 bridgehead atoms. The minimum atomic E-state index is -0.956. The summed E-state index contributed by atoms with van der Waals surface area (Å²) in [5.74, 6) is -1.20. The number of thiazole rings is 1. The van der Waals surface area contributed by atoms with E-state index < -0.39 is 40.8 Å². The Morgan fingerprint density at radius 1 is 0.754 bits per heavy atom. The molecule has 6 aromatic carbocycles. The number of carbonyl (C=O) groups is 3. The molecule has 2 N–H and O–H groups in total. The zero-order valence-electron chi connectivity index (χ0n) is 34.8. The maximum absolute atomic E-state index is 14.5. The molecule has 0 radical (unpaired) electrons. The molecule has 3 heterocycles. The van der Waals surface area contributed by atoms with E-state index in [2.05, 4.69) is 74.8 Å². The van der Waals surface area contributed by atoms with Crippen molar-refractivity contribution in [1.29, 1.82) is 0 Å². The second-order valence-electron chi connectivity index (χ2n) is 15.3. The summed E-state index contributed by atoms with van der Waals surface area (Å²) in [5.41, 5.74) is 5.72. The number of hydrogen-bond acceptors (Lipinski definition) is 10. The summed E-state index contributed by atoms with van der Waals surface area (Å²) >= 11 is 5.02. The predicted molar refractivity (Wildman–Crippen MR) is 264 cm³/mol. The van der Waals surface area contributed by atoms with E-state index in [1.54, 1.807) is 5.38 Å². The van der Waals surface area contributed by atoms with Gasteiger partial charge in [-0.25, -0.2) is 9.78 Å². The molecule has 1 aromatic heterocycles. The molecular formula is C52H42IN5O5S2. The van der Waals surface area contributed by atoms with Crippen molar-refractivity contribution in [3.05, 3.63) is 238 Å². The lowest BCUT2D eigenvalue weighted by Crippen LogP contribution is -2.71. The highest BCUT2D eigenvalue weighted by atomic mass is 127. The Bertz CT molecular complexity index is 2680. The lowest BCUT2D eigenvalue weighted by Gasteiger charge is -2.49. The normalized spacial score (nSPS) is 16.1. The van der Waals surface area contributed by atoms with Crippen molar-refractivity contribution in [2.24, 2.45) is 5.16 Å². The van der Waals surface area contributed by atoms with Gasteiger partial charge in [-0.1, -0.05) is 210 Å². The maximum atomic E-state index is 14.5. The Balaban J connectivity index is 0.999. The van der Waals surface area contributed by atoms with Crippen molar-refractivity contribution < 1.29 is 24.0 Å². The molecule has 7 aromatic rings. The fourth-order valence-electron chi connectivity index (χ4n) is 8.06. The van der Waals surface area contributed by atoms with Crippen molar-refractivity contribution in [1.82, 2.24) is 15.2 Å². The smallest absolute Gasteiger partial charge is 0.356 e. The number of amides is 2. The van der Waals surface area contributed by atoms with Gasteiger partial charge in [0.15, 0.2) is 16.9 Å². The molecule has 324 valence electrons. The molecule has 0 saturated carbocycles. The highest BCUT2D eigenvalue weighted by Crippen LogP contribution is 2.43. The number of carbonyl (C=O) groups excluding carboxylic acids is 3. The summed E-state index contributed by atoms with van der Waals surface area (Å²) in [6.45, 7) is 0.100. The van der Waals surface area contributed by atoms with Crippen LogP contribution in [0.2, 0.25) is 0 Å². The van der Waals surface area contributed by atoms with Crippen molar-refractivity contribution in [2.75, 3.05) is 15.5 Å². The Labute approximate surface area is 398 Å². The minimum Gasteiger partial charge on any atom is -0.448 e. The lowest BCUT2D eigenvalue weighted by molar-refractivity contribution is -0.154. The average molecular weight is 1010 g/mol. The number of aromatic nitrogens is 1. The number of esters is 1. The Morgan fingerprint density at radius 3 is 1.78 bits per heavy atom. The summed E-state index contributed by atoms with van der Waals surface area (Å²) in [6.07, 6.45) is -0.696. The van der Waals surface area contributed by atoms with Crippen LogP contribution in [-0.4, -0.2) is 55.0 Å². The summed E-state index contributed by atoms with van der Waals surface area (Å²) in [6, 6.07) is 58.1. The zero-order chi connectivity index (χ0) is 44.6. The SMILES string of the molecule is O=C(NC1C(=O)N2C(C(=O)OC(c3ccccc3)c3ccccc3)=C(CI)CS[C@@H]12)C(=NOCc1ccccc1)c1csc(NC(c2ccccc2)(c2ccccc2)c2ccccc2)n1. The van der Waals surface area contributed by atoms with Crippen LogP contribution in [0.15, 0.2) is 204 Å². The number of benzene rings is 6. The van der Waals surface area contributed by atoms with Crippen molar-refractivity contribution in [3.8, 4) is 0 Å². The summed E-state index contributed by atoms with van der Waals surface area (Å²) in [7, 11) is 0. The Kier molecular flexibility index (Phi) is 13.5. The average Bonchev–Trinajstić information content (AvgIpc) is 3.84. The second-order valence-corrected chi connectivity index (χ2v) is 18.0. The quantitative estimate of drug-likeness (QED) is 0.0187. The number of nitrogens with zero attached hydrogens (tertiary/aromatic N) is 3. The van der Waals surface area contributed by atoms with E-state index in [9.17, 15) is 14.4 Å². The van der Waals surface area contributed by atoms with E-state index >= 15 is 0 Å². The van der Waals surface area contributed by atoms with E-state index in [-0.39, 0.29) is 23.7 Å².